The smallest absolute Gasteiger partial charge is 0.141 e. The van der Waals surface area contributed by atoms with Crippen LogP contribution in [0.2, 0.25) is 5.02 Å². The molecule has 70 valence electrons. The molecule has 0 radical (unpaired) electrons. The van der Waals surface area contributed by atoms with Gasteiger partial charge in [-0.1, -0.05) is 17.7 Å². The van der Waals surface area contributed by atoms with Crippen LogP contribution in [0.25, 0.3) is 0 Å². The van der Waals surface area contributed by atoms with Gasteiger partial charge >= 0.3 is 0 Å². The topological polar surface area (TPSA) is 21.3 Å². The minimum Gasteiger partial charge on any atom is -0.491 e. The van der Waals surface area contributed by atoms with Gasteiger partial charge in [0.15, 0.2) is 0 Å². The molecule has 1 aliphatic rings. The molecule has 0 spiro atoms. The molecule has 1 heterocycles. The maximum absolute atomic E-state index is 6.06. The Hall–Kier alpha value is -0.730. The lowest BCUT2D eigenvalue weighted by Gasteiger charge is -2.05. The molecule has 1 N–H and O–H groups in total. The molecule has 0 saturated heterocycles. The first kappa shape index (κ1) is 8.85. The predicted octanol–water partition coefficient (Wildman–Crippen LogP) is 1.99. The Morgan fingerprint density at radius 3 is 3.15 bits per heavy atom. The Bertz CT molecular complexity index is 325. The van der Waals surface area contributed by atoms with E-state index in [4.69, 9.17) is 16.3 Å². The molecule has 1 aromatic carbocycles. The van der Waals surface area contributed by atoms with Crippen molar-refractivity contribution in [1.29, 1.82) is 0 Å². The fourth-order valence-corrected chi connectivity index (χ4v) is 1.95. The summed E-state index contributed by atoms with van der Waals surface area (Å²) in [6.45, 7) is 1.62. The van der Waals surface area contributed by atoms with Crippen LogP contribution in [0.3, 0.4) is 0 Å². The van der Waals surface area contributed by atoms with Crippen LogP contribution in [0.1, 0.15) is 11.1 Å². The second kappa shape index (κ2) is 3.56. The van der Waals surface area contributed by atoms with E-state index in [0.717, 1.165) is 30.3 Å². The van der Waals surface area contributed by atoms with E-state index in [1.165, 1.54) is 11.1 Å². The Balaban J connectivity index is 2.37. The van der Waals surface area contributed by atoms with Crippen LogP contribution >= 0.6 is 11.6 Å². The van der Waals surface area contributed by atoms with E-state index < -0.39 is 0 Å². The molecule has 0 amide bonds. The van der Waals surface area contributed by atoms with Crippen LogP contribution < -0.4 is 10.1 Å². The Labute approximate surface area is 82.9 Å². The van der Waals surface area contributed by atoms with Gasteiger partial charge in [0.05, 0.1) is 11.6 Å². The number of fused-ring (bicyclic) bond motifs is 1. The van der Waals surface area contributed by atoms with Gasteiger partial charge in [0.1, 0.15) is 5.75 Å². The summed E-state index contributed by atoms with van der Waals surface area (Å²) >= 11 is 6.06. The molecule has 0 aliphatic carbocycles. The maximum atomic E-state index is 6.06. The molecular formula is C10H12ClNO. The highest BCUT2D eigenvalue weighted by atomic mass is 35.5. The van der Waals surface area contributed by atoms with Gasteiger partial charge in [0.2, 0.25) is 0 Å². The monoisotopic (exact) mass is 197 g/mol. The first-order chi connectivity index (χ1) is 6.31. The van der Waals surface area contributed by atoms with Crippen LogP contribution in [-0.2, 0) is 13.0 Å². The van der Waals surface area contributed by atoms with Gasteiger partial charge < -0.3 is 10.1 Å². The van der Waals surface area contributed by atoms with E-state index in [1.54, 1.807) is 0 Å². The van der Waals surface area contributed by atoms with Gasteiger partial charge in [-0.05, 0) is 24.2 Å². The van der Waals surface area contributed by atoms with Crippen molar-refractivity contribution in [2.75, 3.05) is 13.7 Å². The van der Waals surface area contributed by atoms with E-state index in [-0.39, 0.29) is 0 Å². The van der Waals surface area contributed by atoms with Crippen LogP contribution in [0, 0.1) is 0 Å². The highest BCUT2D eigenvalue weighted by Crippen LogP contribution is 2.34. The van der Waals surface area contributed by atoms with Gasteiger partial charge in [0, 0.05) is 13.0 Å². The Kier molecular flexibility index (Phi) is 2.42. The minimum atomic E-state index is 0.736. The predicted molar refractivity (Wildman–Crippen MR) is 53.4 cm³/mol. The number of benzene rings is 1. The van der Waals surface area contributed by atoms with E-state index in [9.17, 15) is 0 Å². The molecule has 0 fully saturated rings. The minimum absolute atomic E-state index is 0.736. The molecule has 3 heteroatoms. The summed E-state index contributed by atoms with van der Waals surface area (Å²) in [5.74, 6) is 0.876. The van der Waals surface area contributed by atoms with Gasteiger partial charge in [-0.2, -0.15) is 0 Å². The van der Waals surface area contributed by atoms with Crippen molar-refractivity contribution in [1.82, 2.24) is 5.32 Å². The first-order valence-corrected chi connectivity index (χ1v) is 4.78. The van der Waals surface area contributed by atoms with Crippen LogP contribution in [-0.4, -0.2) is 13.7 Å². The van der Waals surface area contributed by atoms with Crippen molar-refractivity contribution in [3.63, 3.8) is 0 Å². The van der Waals surface area contributed by atoms with Gasteiger partial charge in [0.25, 0.3) is 0 Å². The van der Waals surface area contributed by atoms with E-state index >= 15 is 0 Å². The number of ether oxygens (including phenoxy) is 1. The lowest BCUT2D eigenvalue weighted by atomic mass is 10.1. The third-order valence-electron chi connectivity index (χ3n) is 2.18. The molecule has 13 heavy (non-hydrogen) atoms. The Morgan fingerprint density at radius 2 is 2.38 bits per heavy atom. The van der Waals surface area contributed by atoms with Crippen molar-refractivity contribution >= 4 is 11.6 Å². The molecular weight excluding hydrogens is 186 g/mol. The summed E-state index contributed by atoms with van der Waals surface area (Å²) in [5, 5.41) is 3.84. The largest absolute Gasteiger partial charge is 0.491 e. The van der Waals surface area contributed by atoms with Crippen LogP contribution in [0.15, 0.2) is 12.1 Å². The van der Waals surface area contributed by atoms with Gasteiger partial charge in [-0.15, -0.1) is 0 Å². The fraction of sp³-hybridized carbons (Fsp3) is 0.400. The normalized spacial score (nSPS) is 14.0. The lowest BCUT2D eigenvalue weighted by molar-refractivity contribution is 0.357. The van der Waals surface area contributed by atoms with Crippen molar-refractivity contribution < 1.29 is 4.74 Å². The number of hydrogen-bond donors (Lipinski definition) is 1. The quantitative estimate of drug-likeness (QED) is 0.783. The standard InChI is InChI=1S/C10H12ClNO/c1-12-6-7-4-8-2-3-13-10(8)9(11)5-7/h4-5,12H,2-3,6H2,1H3. The number of rotatable bonds is 2. The van der Waals surface area contributed by atoms with Gasteiger partial charge in [-0.25, -0.2) is 0 Å². The summed E-state index contributed by atoms with van der Waals surface area (Å²) in [6.07, 6.45) is 0.979. The molecule has 0 bridgehead atoms. The summed E-state index contributed by atoms with van der Waals surface area (Å²) in [5.41, 5.74) is 2.45. The van der Waals surface area contributed by atoms with Crippen LogP contribution in [0.5, 0.6) is 5.75 Å². The second-order valence-corrected chi connectivity index (χ2v) is 3.60. The zero-order valence-electron chi connectivity index (χ0n) is 7.56. The van der Waals surface area contributed by atoms with Crippen LogP contribution in [0.4, 0.5) is 0 Å². The molecule has 2 nitrogen and oxygen atoms in total. The zero-order chi connectivity index (χ0) is 9.26. The average Bonchev–Trinajstić information content (AvgIpc) is 2.53. The van der Waals surface area contributed by atoms with Crippen molar-refractivity contribution in [3.05, 3.63) is 28.3 Å². The van der Waals surface area contributed by atoms with E-state index in [1.807, 2.05) is 13.1 Å². The fourth-order valence-electron chi connectivity index (χ4n) is 1.63. The zero-order valence-corrected chi connectivity index (χ0v) is 8.32. The third kappa shape index (κ3) is 1.64. The van der Waals surface area contributed by atoms with Crippen molar-refractivity contribution in [2.24, 2.45) is 0 Å². The second-order valence-electron chi connectivity index (χ2n) is 3.19. The number of halogens is 1. The van der Waals surface area contributed by atoms with E-state index in [2.05, 4.69) is 11.4 Å². The SMILES string of the molecule is CNCc1cc(Cl)c2c(c1)CCO2. The molecule has 2 rings (SSSR count). The summed E-state index contributed by atoms with van der Waals surface area (Å²) in [4.78, 5) is 0. The Morgan fingerprint density at radius 1 is 1.54 bits per heavy atom. The van der Waals surface area contributed by atoms with Crippen molar-refractivity contribution in [2.45, 2.75) is 13.0 Å². The van der Waals surface area contributed by atoms with E-state index in [0.29, 0.717) is 0 Å². The summed E-state index contributed by atoms with van der Waals surface area (Å²) in [6, 6.07) is 4.12. The molecule has 0 atom stereocenters. The first-order valence-electron chi connectivity index (χ1n) is 4.40. The van der Waals surface area contributed by atoms with Gasteiger partial charge in [-0.3, -0.25) is 0 Å². The summed E-state index contributed by atoms with van der Waals surface area (Å²) < 4.78 is 5.41. The molecule has 0 saturated carbocycles. The number of nitrogens with one attached hydrogen (secondary N) is 1. The molecule has 0 aromatic heterocycles. The molecule has 1 aliphatic heterocycles. The third-order valence-corrected chi connectivity index (χ3v) is 2.46. The molecule has 1 aromatic rings. The lowest BCUT2D eigenvalue weighted by Crippen LogP contribution is -2.05. The van der Waals surface area contributed by atoms with Crippen molar-refractivity contribution in [3.8, 4) is 5.75 Å². The summed E-state index contributed by atoms with van der Waals surface area (Å²) in [7, 11) is 1.93. The highest BCUT2D eigenvalue weighted by Gasteiger charge is 2.16. The number of hydrogen-bond acceptors (Lipinski definition) is 2. The molecule has 0 unspecified atom stereocenters. The maximum Gasteiger partial charge on any atom is 0.141 e. The average molecular weight is 198 g/mol. The highest BCUT2D eigenvalue weighted by molar-refractivity contribution is 6.32.